The second-order valence-electron chi connectivity index (χ2n) is 4.30. The Hall–Kier alpha value is -2.30. The van der Waals surface area contributed by atoms with Crippen LogP contribution >= 0.6 is 0 Å². The lowest BCUT2D eigenvalue weighted by Gasteiger charge is -2.12. The molecule has 1 unspecified atom stereocenters. The number of anilines is 1. The number of benzene rings is 1. The second-order valence-corrected chi connectivity index (χ2v) is 5.72. The average Bonchev–Trinajstić information content (AvgIpc) is 2.75. The maximum atomic E-state index is 12.0. The first-order chi connectivity index (χ1) is 10.3. The van der Waals surface area contributed by atoms with Crippen molar-refractivity contribution < 1.29 is 27.3 Å². The third kappa shape index (κ3) is 2.98. The highest BCUT2D eigenvalue weighted by atomic mass is 32.2. The van der Waals surface area contributed by atoms with Gasteiger partial charge in [-0.05, 0) is 31.2 Å². The maximum absolute atomic E-state index is 12.0. The van der Waals surface area contributed by atoms with Gasteiger partial charge in [-0.2, -0.15) is 18.5 Å². The molecule has 0 radical (unpaired) electrons. The van der Waals surface area contributed by atoms with E-state index in [1.54, 1.807) is 6.92 Å². The van der Waals surface area contributed by atoms with Crippen LogP contribution in [0.3, 0.4) is 0 Å². The van der Waals surface area contributed by atoms with Crippen molar-refractivity contribution in [1.82, 2.24) is 0 Å². The normalized spacial score (nSPS) is 18.3. The van der Waals surface area contributed by atoms with Gasteiger partial charge in [0, 0.05) is 0 Å². The minimum absolute atomic E-state index is 0.113. The summed E-state index contributed by atoms with van der Waals surface area (Å²) in [6.07, 6.45) is 0. The van der Waals surface area contributed by atoms with E-state index in [1.807, 2.05) is 0 Å². The zero-order valence-corrected chi connectivity index (χ0v) is 12.3. The summed E-state index contributed by atoms with van der Waals surface area (Å²) in [5.41, 5.74) is 5.59. The molecule has 0 bridgehead atoms. The molecule has 1 amide bonds. The molecule has 1 aromatic carbocycles. The lowest BCUT2D eigenvalue weighted by atomic mass is 10.2. The molecule has 1 heterocycles. The van der Waals surface area contributed by atoms with Crippen LogP contribution in [-0.2, 0) is 24.4 Å². The van der Waals surface area contributed by atoms with Crippen molar-refractivity contribution in [3.8, 4) is 0 Å². The van der Waals surface area contributed by atoms with Crippen LogP contribution in [0.5, 0.6) is 0 Å². The Morgan fingerprint density at radius 2 is 2.00 bits per heavy atom. The Balaban J connectivity index is 2.32. The van der Waals surface area contributed by atoms with E-state index in [9.17, 15) is 18.0 Å². The third-order valence-electron chi connectivity index (χ3n) is 2.84. The lowest BCUT2D eigenvalue weighted by molar-refractivity contribution is -0.135. The molecule has 0 aliphatic carbocycles. The van der Waals surface area contributed by atoms with Gasteiger partial charge in [0.15, 0.2) is 5.71 Å². The van der Waals surface area contributed by atoms with Gasteiger partial charge in [-0.15, -0.1) is 0 Å². The molecule has 1 aliphatic heterocycles. The van der Waals surface area contributed by atoms with Gasteiger partial charge in [0.25, 0.3) is 16.0 Å². The molecular formula is C12H13N3O6S. The summed E-state index contributed by atoms with van der Waals surface area (Å²) in [4.78, 5) is 23.3. The molecule has 1 atom stereocenters. The quantitative estimate of drug-likeness (QED) is 0.562. The SMILES string of the molecule is CCOC(=O)C1=NN(c2ccc(S(=O)(=O)O)cc2)C(=O)C1N. The molecule has 0 fully saturated rings. The predicted octanol–water partition coefficient (Wildman–Crippen LogP) is -0.474. The molecular weight excluding hydrogens is 314 g/mol. The van der Waals surface area contributed by atoms with Crippen LogP contribution in [0.15, 0.2) is 34.3 Å². The number of esters is 1. The number of hydrogen-bond acceptors (Lipinski definition) is 7. The van der Waals surface area contributed by atoms with Crippen LogP contribution in [-0.4, -0.2) is 43.2 Å². The second kappa shape index (κ2) is 5.83. The predicted molar refractivity (Wildman–Crippen MR) is 75.8 cm³/mol. The zero-order valence-electron chi connectivity index (χ0n) is 11.5. The Morgan fingerprint density at radius 3 is 2.50 bits per heavy atom. The van der Waals surface area contributed by atoms with Crippen LogP contribution in [0.2, 0.25) is 0 Å². The minimum atomic E-state index is -4.34. The number of hydrogen-bond donors (Lipinski definition) is 2. The molecule has 10 heteroatoms. The van der Waals surface area contributed by atoms with E-state index in [0.29, 0.717) is 0 Å². The van der Waals surface area contributed by atoms with E-state index >= 15 is 0 Å². The maximum Gasteiger partial charge on any atom is 0.356 e. The summed E-state index contributed by atoms with van der Waals surface area (Å²) in [7, 11) is -4.34. The van der Waals surface area contributed by atoms with Crippen LogP contribution in [0.25, 0.3) is 0 Å². The lowest BCUT2D eigenvalue weighted by Crippen LogP contribution is -2.42. The molecule has 3 N–H and O–H groups in total. The molecule has 1 aliphatic rings. The van der Waals surface area contributed by atoms with Crippen molar-refractivity contribution >= 4 is 33.4 Å². The van der Waals surface area contributed by atoms with Gasteiger partial charge in [0.05, 0.1) is 17.2 Å². The number of amides is 1. The van der Waals surface area contributed by atoms with Crippen LogP contribution < -0.4 is 10.7 Å². The van der Waals surface area contributed by atoms with Crippen molar-refractivity contribution in [2.75, 3.05) is 11.6 Å². The molecule has 118 valence electrons. The number of rotatable bonds is 4. The van der Waals surface area contributed by atoms with Crippen LogP contribution in [0, 0.1) is 0 Å². The summed E-state index contributed by atoms with van der Waals surface area (Å²) >= 11 is 0. The fourth-order valence-electron chi connectivity index (χ4n) is 1.79. The highest BCUT2D eigenvalue weighted by molar-refractivity contribution is 7.85. The zero-order chi connectivity index (χ0) is 16.5. The van der Waals surface area contributed by atoms with E-state index in [0.717, 1.165) is 17.1 Å². The van der Waals surface area contributed by atoms with Gasteiger partial charge in [0.1, 0.15) is 6.04 Å². The smallest absolute Gasteiger partial charge is 0.356 e. The van der Waals surface area contributed by atoms with Crippen molar-refractivity contribution in [2.45, 2.75) is 17.9 Å². The number of nitrogens with zero attached hydrogens (tertiary/aromatic N) is 2. The minimum Gasteiger partial charge on any atom is -0.461 e. The van der Waals surface area contributed by atoms with Gasteiger partial charge in [-0.1, -0.05) is 0 Å². The van der Waals surface area contributed by atoms with E-state index in [4.69, 9.17) is 15.0 Å². The van der Waals surface area contributed by atoms with E-state index in [2.05, 4.69) is 5.10 Å². The molecule has 0 saturated heterocycles. The van der Waals surface area contributed by atoms with Crippen molar-refractivity contribution in [2.24, 2.45) is 10.8 Å². The summed E-state index contributed by atoms with van der Waals surface area (Å²) in [5, 5.41) is 4.70. The Kier molecular flexibility index (Phi) is 4.26. The topological polar surface area (TPSA) is 139 Å². The Morgan fingerprint density at radius 1 is 1.41 bits per heavy atom. The van der Waals surface area contributed by atoms with Gasteiger partial charge in [-0.25, -0.2) is 4.79 Å². The highest BCUT2D eigenvalue weighted by Crippen LogP contribution is 2.22. The number of ether oxygens (including phenoxy) is 1. The van der Waals surface area contributed by atoms with E-state index in [1.165, 1.54) is 12.1 Å². The van der Waals surface area contributed by atoms with Crippen molar-refractivity contribution in [3.63, 3.8) is 0 Å². The van der Waals surface area contributed by atoms with E-state index in [-0.39, 0.29) is 22.9 Å². The molecule has 0 spiro atoms. The summed E-state index contributed by atoms with van der Waals surface area (Å²) in [6.45, 7) is 1.72. The number of carbonyl (C=O) groups excluding carboxylic acids is 2. The summed E-state index contributed by atoms with van der Waals surface area (Å²) in [6, 6.07) is 3.46. The Labute approximate surface area is 126 Å². The van der Waals surface area contributed by atoms with Crippen LogP contribution in [0.1, 0.15) is 6.92 Å². The third-order valence-corrected chi connectivity index (χ3v) is 3.71. The highest BCUT2D eigenvalue weighted by Gasteiger charge is 2.38. The van der Waals surface area contributed by atoms with Gasteiger partial charge < -0.3 is 10.5 Å². The Bertz CT molecular complexity index is 741. The fraction of sp³-hybridized carbons (Fsp3) is 0.250. The largest absolute Gasteiger partial charge is 0.461 e. The molecule has 22 heavy (non-hydrogen) atoms. The van der Waals surface area contributed by atoms with E-state index < -0.39 is 28.0 Å². The molecule has 1 aromatic rings. The standard InChI is InChI=1S/C12H13N3O6S/c1-2-21-12(17)10-9(13)11(16)15(14-10)7-3-5-8(6-4-7)22(18,19)20/h3-6,9H,2,13H2,1H3,(H,18,19,20). The first kappa shape index (κ1) is 16.1. The van der Waals surface area contributed by atoms with Crippen molar-refractivity contribution in [1.29, 1.82) is 0 Å². The summed E-state index contributed by atoms with van der Waals surface area (Å²) in [5.74, 6) is -1.44. The molecule has 2 rings (SSSR count). The summed E-state index contributed by atoms with van der Waals surface area (Å²) < 4.78 is 35.6. The van der Waals surface area contributed by atoms with Crippen molar-refractivity contribution in [3.05, 3.63) is 24.3 Å². The van der Waals surface area contributed by atoms with Crippen LogP contribution in [0.4, 0.5) is 5.69 Å². The van der Waals surface area contributed by atoms with Gasteiger partial charge in [-0.3, -0.25) is 9.35 Å². The molecule has 0 saturated carbocycles. The van der Waals surface area contributed by atoms with Gasteiger partial charge in [0.2, 0.25) is 0 Å². The number of hydrazone groups is 1. The molecule has 9 nitrogen and oxygen atoms in total. The first-order valence-corrected chi connectivity index (χ1v) is 7.62. The number of carbonyl (C=O) groups is 2. The first-order valence-electron chi connectivity index (χ1n) is 6.18. The van der Waals surface area contributed by atoms with Gasteiger partial charge >= 0.3 is 5.97 Å². The average molecular weight is 327 g/mol. The molecule has 0 aromatic heterocycles. The number of nitrogens with two attached hydrogens (primary N) is 1. The monoisotopic (exact) mass is 327 g/mol. The fourth-order valence-corrected chi connectivity index (χ4v) is 2.27.